The summed E-state index contributed by atoms with van der Waals surface area (Å²) in [5, 5.41) is 16.0. The van der Waals surface area contributed by atoms with Gasteiger partial charge in [-0.2, -0.15) is 15.4 Å². The number of fused-ring (bicyclic) bond motifs is 1. The summed E-state index contributed by atoms with van der Waals surface area (Å²) in [6.45, 7) is 10.8. The van der Waals surface area contributed by atoms with E-state index in [2.05, 4.69) is 55.4 Å². The molecule has 35 heavy (non-hydrogen) atoms. The number of aromatic nitrogens is 4. The minimum atomic E-state index is -0.399. The van der Waals surface area contributed by atoms with Gasteiger partial charge in [-0.05, 0) is 50.2 Å². The largest absolute Gasteiger partial charge is 0.382 e. The van der Waals surface area contributed by atoms with Crippen molar-refractivity contribution in [3.8, 4) is 22.5 Å². The lowest BCUT2D eigenvalue weighted by Crippen LogP contribution is -2.49. The molecule has 1 saturated heterocycles. The Bertz CT molecular complexity index is 1310. The molecule has 2 aromatic carbocycles. The van der Waals surface area contributed by atoms with Gasteiger partial charge in [0, 0.05) is 66.8 Å². The number of nitrogens with one attached hydrogen (secondary N) is 2. The molecule has 0 radical (unpaired) electrons. The molecule has 3 heterocycles. The topological polar surface area (TPSA) is 73.0 Å². The number of piperazine rings is 1. The van der Waals surface area contributed by atoms with Crippen molar-refractivity contribution in [2.75, 3.05) is 44.6 Å². The molecule has 9 heteroatoms. The van der Waals surface area contributed by atoms with Crippen molar-refractivity contribution in [2.45, 2.75) is 19.9 Å². The fraction of sp³-hybridized carbons (Fsp3) is 0.346. The van der Waals surface area contributed by atoms with Gasteiger partial charge in [0.1, 0.15) is 17.2 Å². The maximum Gasteiger partial charge on any atom is 0.132 e. The van der Waals surface area contributed by atoms with Gasteiger partial charge in [0.25, 0.3) is 0 Å². The molecule has 0 spiro atoms. The van der Waals surface area contributed by atoms with Gasteiger partial charge in [0.2, 0.25) is 0 Å². The highest BCUT2D eigenvalue weighted by atomic mass is 35.5. The number of halogens is 2. The fourth-order valence-corrected chi connectivity index (χ4v) is 4.71. The van der Waals surface area contributed by atoms with E-state index in [0.29, 0.717) is 28.0 Å². The van der Waals surface area contributed by atoms with E-state index < -0.39 is 5.82 Å². The molecule has 0 amide bonds. The molecule has 1 aliphatic rings. The predicted octanol–water partition coefficient (Wildman–Crippen LogP) is 4.92. The molecule has 0 atom stereocenters. The first-order chi connectivity index (χ1) is 17.0. The molecule has 0 unspecified atom stereocenters. The average molecular weight is 494 g/mol. The summed E-state index contributed by atoms with van der Waals surface area (Å²) in [6.07, 6.45) is 1.86. The Labute approximate surface area is 209 Å². The van der Waals surface area contributed by atoms with Crippen LogP contribution in [-0.4, -0.2) is 75.5 Å². The number of pyridine rings is 1. The van der Waals surface area contributed by atoms with Crippen LogP contribution in [0.1, 0.15) is 13.8 Å². The summed E-state index contributed by atoms with van der Waals surface area (Å²) < 4.78 is 14.5. The van der Waals surface area contributed by atoms with Gasteiger partial charge in [0.15, 0.2) is 0 Å². The minimum absolute atomic E-state index is 0.309. The molecule has 1 aliphatic heterocycles. The van der Waals surface area contributed by atoms with E-state index >= 15 is 0 Å². The van der Waals surface area contributed by atoms with Crippen LogP contribution in [-0.2, 0) is 0 Å². The number of nitrogens with zero attached hydrogens (tertiary/aromatic N) is 5. The Morgan fingerprint density at radius 2 is 1.83 bits per heavy atom. The maximum absolute atomic E-state index is 14.5. The van der Waals surface area contributed by atoms with Crippen LogP contribution in [0, 0.1) is 5.82 Å². The second kappa shape index (κ2) is 10.3. The highest BCUT2D eigenvalue weighted by Crippen LogP contribution is 2.33. The number of hydrogen-bond donors (Lipinski definition) is 2. The van der Waals surface area contributed by atoms with Crippen molar-refractivity contribution in [1.29, 1.82) is 0 Å². The number of anilines is 1. The lowest BCUT2D eigenvalue weighted by atomic mass is 10.0. The maximum atomic E-state index is 14.5. The number of benzene rings is 2. The van der Waals surface area contributed by atoms with Crippen molar-refractivity contribution in [3.05, 3.63) is 59.5 Å². The van der Waals surface area contributed by atoms with Crippen LogP contribution in [0.25, 0.3) is 33.4 Å². The molecule has 0 saturated carbocycles. The van der Waals surface area contributed by atoms with Gasteiger partial charge in [-0.3, -0.25) is 14.8 Å². The zero-order chi connectivity index (χ0) is 24.4. The van der Waals surface area contributed by atoms with Gasteiger partial charge < -0.3 is 5.32 Å². The zero-order valence-corrected chi connectivity index (χ0v) is 20.7. The second-order valence-corrected chi connectivity index (χ2v) is 9.61. The van der Waals surface area contributed by atoms with E-state index in [1.54, 1.807) is 6.07 Å². The first-order valence-corrected chi connectivity index (χ1v) is 12.3. The number of rotatable bonds is 7. The Morgan fingerprint density at radius 3 is 2.63 bits per heavy atom. The summed E-state index contributed by atoms with van der Waals surface area (Å²) in [5.41, 5.74) is 3.96. The van der Waals surface area contributed by atoms with Gasteiger partial charge in [-0.25, -0.2) is 4.39 Å². The lowest BCUT2D eigenvalue weighted by molar-refractivity contribution is 0.111. The molecule has 4 aromatic rings. The highest BCUT2D eigenvalue weighted by Gasteiger charge is 2.19. The van der Waals surface area contributed by atoms with Crippen LogP contribution < -0.4 is 5.32 Å². The summed E-state index contributed by atoms with van der Waals surface area (Å²) in [6, 6.07) is 13.0. The molecular weight excluding hydrogens is 465 g/mol. The molecular formula is C26H29ClFN7. The van der Waals surface area contributed by atoms with Gasteiger partial charge in [-0.1, -0.05) is 17.7 Å². The second-order valence-electron chi connectivity index (χ2n) is 9.17. The summed E-state index contributed by atoms with van der Waals surface area (Å²) in [7, 11) is 0. The van der Waals surface area contributed by atoms with Crippen LogP contribution >= 0.6 is 11.6 Å². The first kappa shape index (κ1) is 23.7. The number of hydrogen-bond acceptors (Lipinski definition) is 6. The van der Waals surface area contributed by atoms with Crippen LogP contribution in [0.15, 0.2) is 48.7 Å². The molecule has 5 rings (SSSR count). The molecule has 182 valence electrons. The van der Waals surface area contributed by atoms with Crippen molar-refractivity contribution < 1.29 is 4.39 Å². The van der Waals surface area contributed by atoms with Crippen molar-refractivity contribution in [1.82, 2.24) is 30.2 Å². The van der Waals surface area contributed by atoms with Crippen molar-refractivity contribution in [3.63, 3.8) is 0 Å². The zero-order valence-electron chi connectivity index (χ0n) is 19.9. The number of H-pyrrole nitrogens is 1. The van der Waals surface area contributed by atoms with E-state index in [1.165, 1.54) is 12.1 Å². The average Bonchev–Trinajstić information content (AvgIpc) is 3.35. The van der Waals surface area contributed by atoms with Gasteiger partial charge >= 0.3 is 0 Å². The Balaban J connectivity index is 1.30. The Morgan fingerprint density at radius 1 is 1.03 bits per heavy atom. The van der Waals surface area contributed by atoms with Crippen LogP contribution in [0.4, 0.5) is 10.1 Å². The third-order valence-electron chi connectivity index (χ3n) is 6.58. The normalized spacial score (nSPS) is 15.2. The smallest absolute Gasteiger partial charge is 0.132 e. The van der Waals surface area contributed by atoms with Crippen LogP contribution in [0.5, 0.6) is 0 Å². The molecule has 7 nitrogen and oxygen atoms in total. The predicted molar refractivity (Wildman–Crippen MR) is 139 cm³/mol. The highest BCUT2D eigenvalue weighted by molar-refractivity contribution is 6.30. The SMILES string of the molecule is CC(C)N1CCN(CCNc2cnc3ccc(-c4n[nH]nc4-c4cc(Cl)ccc4F)cc3c2)CC1. The summed E-state index contributed by atoms with van der Waals surface area (Å²) >= 11 is 6.09. The lowest BCUT2D eigenvalue weighted by Gasteiger charge is -2.36. The van der Waals surface area contributed by atoms with E-state index in [9.17, 15) is 4.39 Å². The van der Waals surface area contributed by atoms with E-state index in [0.717, 1.165) is 61.4 Å². The fourth-order valence-electron chi connectivity index (χ4n) is 4.54. The van der Waals surface area contributed by atoms with Crippen molar-refractivity contribution in [2.24, 2.45) is 0 Å². The first-order valence-electron chi connectivity index (χ1n) is 11.9. The quantitative estimate of drug-likeness (QED) is 0.381. The molecule has 2 aromatic heterocycles. The standard InChI is InChI=1S/C26H29ClFN7/c1-17(2)35-11-9-34(10-12-35)8-7-29-21-14-19-13-18(3-6-24(19)30-16-21)25-26(32-33-31-25)22-15-20(27)4-5-23(22)28/h3-6,13-17,29H,7-12H2,1-2H3,(H,31,32,33). The summed E-state index contributed by atoms with van der Waals surface area (Å²) in [5.74, 6) is -0.399. The van der Waals surface area contributed by atoms with Gasteiger partial charge in [0.05, 0.1) is 17.4 Å². The third kappa shape index (κ3) is 5.29. The molecule has 2 N–H and O–H groups in total. The Hall–Kier alpha value is -3.07. The van der Waals surface area contributed by atoms with Gasteiger partial charge in [-0.15, -0.1) is 0 Å². The monoisotopic (exact) mass is 493 g/mol. The molecule has 1 fully saturated rings. The minimum Gasteiger partial charge on any atom is -0.382 e. The molecule has 0 aliphatic carbocycles. The van der Waals surface area contributed by atoms with Crippen LogP contribution in [0.2, 0.25) is 5.02 Å². The summed E-state index contributed by atoms with van der Waals surface area (Å²) in [4.78, 5) is 9.62. The van der Waals surface area contributed by atoms with E-state index in [-0.39, 0.29) is 0 Å². The number of aromatic amines is 1. The van der Waals surface area contributed by atoms with Crippen molar-refractivity contribution >= 4 is 28.2 Å². The third-order valence-corrected chi connectivity index (χ3v) is 6.82. The van der Waals surface area contributed by atoms with E-state index in [1.807, 2.05) is 24.4 Å². The molecule has 0 bridgehead atoms. The van der Waals surface area contributed by atoms with E-state index in [4.69, 9.17) is 11.6 Å². The Kier molecular flexibility index (Phi) is 6.95. The van der Waals surface area contributed by atoms with Crippen LogP contribution in [0.3, 0.4) is 0 Å².